The first-order valence-corrected chi connectivity index (χ1v) is 9.90. The molecule has 1 fully saturated rings. The molecule has 25 heavy (non-hydrogen) atoms. The molecule has 1 amide bonds. The van der Waals surface area contributed by atoms with Gasteiger partial charge in [0, 0.05) is 24.3 Å². The van der Waals surface area contributed by atoms with Crippen LogP contribution in [-0.2, 0) is 10.0 Å². The summed E-state index contributed by atoms with van der Waals surface area (Å²) in [5.41, 5.74) is 1.46. The standard InChI is InChI=1S/C17H20N4O3S/c1-25(23,24)20-14-6-4-13(5-7-14)17(22)19-15-8-9-16(18-12-15)21-10-2-3-11-21/h4-9,12,20H,2-3,10-11H2,1H3,(H,19,22). The van der Waals surface area contributed by atoms with Crippen LogP contribution in [0.4, 0.5) is 17.2 Å². The average molecular weight is 360 g/mol. The number of nitrogens with zero attached hydrogens (tertiary/aromatic N) is 2. The highest BCUT2D eigenvalue weighted by molar-refractivity contribution is 7.92. The van der Waals surface area contributed by atoms with Gasteiger partial charge < -0.3 is 10.2 Å². The van der Waals surface area contributed by atoms with Crippen LogP contribution in [0.25, 0.3) is 0 Å². The molecule has 0 bridgehead atoms. The molecule has 7 nitrogen and oxygen atoms in total. The van der Waals surface area contributed by atoms with Crippen LogP contribution < -0.4 is 14.9 Å². The van der Waals surface area contributed by atoms with E-state index >= 15 is 0 Å². The Morgan fingerprint density at radius 2 is 1.68 bits per heavy atom. The van der Waals surface area contributed by atoms with Crippen molar-refractivity contribution in [2.45, 2.75) is 12.8 Å². The van der Waals surface area contributed by atoms with Gasteiger partial charge in [-0.3, -0.25) is 9.52 Å². The second-order valence-electron chi connectivity index (χ2n) is 6.00. The Hall–Kier alpha value is -2.61. The summed E-state index contributed by atoms with van der Waals surface area (Å²) < 4.78 is 24.7. The molecule has 0 aliphatic carbocycles. The van der Waals surface area contributed by atoms with Crippen molar-refractivity contribution in [2.75, 3.05) is 34.3 Å². The highest BCUT2D eigenvalue weighted by Crippen LogP contribution is 2.19. The minimum Gasteiger partial charge on any atom is -0.357 e. The maximum absolute atomic E-state index is 12.3. The van der Waals surface area contributed by atoms with Crippen molar-refractivity contribution >= 4 is 33.1 Å². The number of anilines is 3. The number of rotatable bonds is 5. The monoisotopic (exact) mass is 360 g/mol. The molecule has 3 rings (SSSR count). The highest BCUT2D eigenvalue weighted by Gasteiger charge is 2.13. The van der Waals surface area contributed by atoms with Crippen LogP contribution in [0.5, 0.6) is 0 Å². The van der Waals surface area contributed by atoms with Crippen LogP contribution in [0.2, 0.25) is 0 Å². The SMILES string of the molecule is CS(=O)(=O)Nc1ccc(C(=O)Nc2ccc(N3CCCC3)nc2)cc1. The summed E-state index contributed by atoms with van der Waals surface area (Å²) >= 11 is 0. The largest absolute Gasteiger partial charge is 0.357 e. The molecule has 1 aromatic carbocycles. The van der Waals surface area contributed by atoms with Gasteiger partial charge in [-0.05, 0) is 49.2 Å². The fourth-order valence-corrected chi connectivity index (χ4v) is 3.26. The van der Waals surface area contributed by atoms with Gasteiger partial charge in [-0.15, -0.1) is 0 Å². The number of pyridine rings is 1. The molecule has 0 radical (unpaired) electrons. The van der Waals surface area contributed by atoms with Crippen molar-refractivity contribution in [3.63, 3.8) is 0 Å². The first-order valence-electron chi connectivity index (χ1n) is 8.01. The average Bonchev–Trinajstić information content (AvgIpc) is 3.09. The van der Waals surface area contributed by atoms with E-state index in [1.54, 1.807) is 30.5 Å². The zero-order chi connectivity index (χ0) is 17.9. The van der Waals surface area contributed by atoms with Crippen molar-refractivity contribution in [1.29, 1.82) is 0 Å². The summed E-state index contributed by atoms with van der Waals surface area (Å²) in [7, 11) is -3.33. The number of sulfonamides is 1. The lowest BCUT2D eigenvalue weighted by Crippen LogP contribution is -2.19. The van der Waals surface area contributed by atoms with Crippen LogP contribution in [0.15, 0.2) is 42.6 Å². The Kier molecular flexibility index (Phi) is 4.89. The molecule has 1 saturated heterocycles. The summed E-state index contributed by atoms with van der Waals surface area (Å²) in [6.07, 6.45) is 5.09. The Balaban J connectivity index is 1.63. The predicted molar refractivity (Wildman–Crippen MR) is 98.5 cm³/mol. The predicted octanol–water partition coefficient (Wildman–Crippen LogP) is 2.31. The quantitative estimate of drug-likeness (QED) is 0.854. The van der Waals surface area contributed by atoms with E-state index in [1.165, 1.54) is 12.8 Å². The van der Waals surface area contributed by atoms with Gasteiger partial charge in [-0.25, -0.2) is 13.4 Å². The normalized spacial score (nSPS) is 14.4. The van der Waals surface area contributed by atoms with Gasteiger partial charge in [0.2, 0.25) is 10.0 Å². The first-order chi connectivity index (χ1) is 11.9. The van der Waals surface area contributed by atoms with E-state index in [0.29, 0.717) is 16.9 Å². The minimum absolute atomic E-state index is 0.276. The van der Waals surface area contributed by atoms with E-state index < -0.39 is 10.0 Å². The van der Waals surface area contributed by atoms with E-state index in [1.807, 2.05) is 12.1 Å². The number of amides is 1. The second-order valence-corrected chi connectivity index (χ2v) is 7.75. The van der Waals surface area contributed by atoms with Crippen LogP contribution in [0.1, 0.15) is 23.2 Å². The fraction of sp³-hybridized carbons (Fsp3) is 0.294. The first kappa shape index (κ1) is 17.2. The van der Waals surface area contributed by atoms with Gasteiger partial charge in [-0.2, -0.15) is 0 Å². The summed E-state index contributed by atoms with van der Waals surface area (Å²) in [4.78, 5) is 18.9. The molecule has 1 aliphatic heterocycles. The second kappa shape index (κ2) is 7.10. The highest BCUT2D eigenvalue weighted by atomic mass is 32.2. The Morgan fingerprint density at radius 1 is 1.04 bits per heavy atom. The van der Waals surface area contributed by atoms with Crippen molar-refractivity contribution in [3.8, 4) is 0 Å². The van der Waals surface area contributed by atoms with Gasteiger partial charge in [0.1, 0.15) is 5.82 Å². The number of nitrogens with one attached hydrogen (secondary N) is 2. The van der Waals surface area contributed by atoms with Crippen LogP contribution in [-0.4, -0.2) is 38.7 Å². The summed E-state index contributed by atoms with van der Waals surface area (Å²) in [6, 6.07) is 9.96. The van der Waals surface area contributed by atoms with Crippen molar-refractivity contribution in [3.05, 3.63) is 48.2 Å². The van der Waals surface area contributed by atoms with Crippen LogP contribution in [0, 0.1) is 0 Å². The molecule has 132 valence electrons. The number of carbonyl (C=O) groups is 1. The number of aromatic nitrogens is 1. The van der Waals surface area contributed by atoms with Crippen molar-refractivity contribution in [2.24, 2.45) is 0 Å². The smallest absolute Gasteiger partial charge is 0.255 e. The molecule has 0 saturated carbocycles. The zero-order valence-corrected chi connectivity index (χ0v) is 14.7. The molecular formula is C17H20N4O3S. The molecule has 1 aromatic heterocycles. The Morgan fingerprint density at radius 3 is 2.24 bits per heavy atom. The zero-order valence-electron chi connectivity index (χ0n) is 13.9. The number of carbonyl (C=O) groups excluding carboxylic acids is 1. The molecular weight excluding hydrogens is 340 g/mol. The number of benzene rings is 1. The van der Waals surface area contributed by atoms with Gasteiger partial charge in [0.25, 0.3) is 5.91 Å². The molecule has 0 spiro atoms. The van der Waals surface area contributed by atoms with Gasteiger partial charge in [0.05, 0.1) is 18.1 Å². The van der Waals surface area contributed by atoms with Crippen LogP contribution >= 0.6 is 0 Å². The van der Waals surface area contributed by atoms with E-state index in [2.05, 4.69) is 19.9 Å². The number of hydrogen-bond donors (Lipinski definition) is 2. The maximum Gasteiger partial charge on any atom is 0.255 e. The third-order valence-corrected chi connectivity index (χ3v) is 4.49. The minimum atomic E-state index is -3.33. The van der Waals surface area contributed by atoms with Crippen LogP contribution in [0.3, 0.4) is 0 Å². The lowest BCUT2D eigenvalue weighted by Gasteiger charge is -2.16. The molecule has 2 N–H and O–H groups in total. The molecule has 2 heterocycles. The third-order valence-electron chi connectivity index (χ3n) is 3.89. The lowest BCUT2D eigenvalue weighted by atomic mass is 10.2. The maximum atomic E-state index is 12.3. The Bertz CT molecular complexity index is 842. The van der Waals surface area contributed by atoms with E-state index in [0.717, 1.165) is 25.2 Å². The Labute approximate surface area is 147 Å². The summed E-state index contributed by atoms with van der Waals surface area (Å²) in [5.74, 6) is 0.647. The lowest BCUT2D eigenvalue weighted by molar-refractivity contribution is 0.102. The third kappa shape index (κ3) is 4.69. The van der Waals surface area contributed by atoms with Crippen molar-refractivity contribution in [1.82, 2.24) is 4.98 Å². The van der Waals surface area contributed by atoms with Gasteiger partial charge >= 0.3 is 0 Å². The molecule has 0 atom stereocenters. The summed E-state index contributed by atoms with van der Waals surface area (Å²) in [5, 5.41) is 2.79. The number of hydrogen-bond acceptors (Lipinski definition) is 5. The molecule has 8 heteroatoms. The fourth-order valence-electron chi connectivity index (χ4n) is 2.70. The summed E-state index contributed by atoms with van der Waals surface area (Å²) in [6.45, 7) is 2.04. The molecule has 0 unspecified atom stereocenters. The molecule has 2 aromatic rings. The van der Waals surface area contributed by atoms with E-state index in [9.17, 15) is 13.2 Å². The topological polar surface area (TPSA) is 91.4 Å². The van der Waals surface area contributed by atoms with Gasteiger partial charge in [0.15, 0.2) is 0 Å². The van der Waals surface area contributed by atoms with E-state index in [-0.39, 0.29) is 5.91 Å². The molecule has 1 aliphatic rings. The van der Waals surface area contributed by atoms with Crippen molar-refractivity contribution < 1.29 is 13.2 Å². The van der Waals surface area contributed by atoms with Gasteiger partial charge in [-0.1, -0.05) is 0 Å². The van der Waals surface area contributed by atoms with E-state index in [4.69, 9.17) is 0 Å².